The van der Waals surface area contributed by atoms with Crippen LogP contribution in [0.4, 0.5) is 10.5 Å². The number of carbonyl (C=O) groups excluding carboxylic acids is 2. The lowest BCUT2D eigenvalue weighted by Crippen LogP contribution is -2.39. The number of anilines is 1. The minimum atomic E-state index is -1.31. The zero-order valence-corrected chi connectivity index (χ0v) is 14.7. The Balaban J connectivity index is 2.14. The topological polar surface area (TPSA) is 85.4 Å². The number of para-hydroxylation sites is 1. The van der Waals surface area contributed by atoms with E-state index < -0.39 is 5.97 Å². The summed E-state index contributed by atoms with van der Waals surface area (Å²) in [5.74, 6) is -1.31. The Labute approximate surface area is 145 Å². The number of aromatic carboxylic acids is 1. The smallest absolute Gasteiger partial charge is 0.322 e. The molecule has 1 heterocycles. The molecular weight excluding hydrogens is 326 g/mol. The fourth-order valence-corrected chi connectivity index (χ4v) is 3.01. The van der Waals surface area contributed by atoms with Gasteiger partial charge in [-0.3, -0.25) is 0 Å². The molecule has 2 rings (SSSR count). The molecule has 0 aliphatic carbocycles. The van der Waals surface area contributed by atoms with Gasteiger partial charge in [0.2, 0.25) is 0 Å². The minimum Gasteiger partial charge on any atom is -0.543 e. The first-order valence-corrected chi connectivity index (χ1v) is 8.61. The number of nitrogens with one attached hydrogen (secondary N) is 1. The van der Waals surface area contributed by atoms with E-state index in [0.29, 0.717) is 5.01 Å². The van der Waals surface area contributed by atoms with Crippen molar-refractivity contribution < 1.29 is 14.7 Å². The Hall–Kier alpha value is -2.41. The van der Waals surface area contributed by atoms with Crippen LogP contribution in [0, 0.1) is 0 Å². The van der Waals surface area contributed by atoms with Crippen LogP contribution in [0.15, 0.2) is 29.6 Å². The lowest BCUT2D eigenvalue weighted by atomic mass is 10.1. The third kappa shape index (κ3) is 4.32. The number of thiazole rings is 1. The van der Waals surface area contributed by atoms with Crippen LogP contribution in [0.3, 0.4) is 0 Å². The molecule has 1 aromatic carbocycles. The van der Waals surface area contributed by atoms with Crippen LogP contribution in [0.1, 0.15) is 41.8 Å². The van der Waals surface area contributed by atoms with Crippen LogP contribution in [0.25, 0.3) is 0 Å². The lowest BCUT2D eigenvalue weighted by molar-refractivity contribution is -0.255. The van der Waals surface area contributed by atoms with Gasteiger partial charge in [-0.2, -0.15) is 0 Å². The SMILES string of the molecule is CCc1ccccc1NC(=O)N(Cc1nc(C(=O)[O-])cs1)C(C)C. The van der Waals surface area contributed by atoms with Crippen LogP contribution in [-0.4, -0.2) is 27.9 Å². The molecule has 0 atom stereocenters. The van der Waals surface area contributed by atoms with Gasteiger partial charge in [-0.1, -0.05) is 25.1 Å². The second-order valence-corrected chi connectivity index (χ2v) is 6.52. The van der Waals surface area contributed by atoms with E-state index in [1.54, 1.807) is 4.90 Å². The van der Waals surface area contributed by atoms with E-state index in [9.17, 15) is 14.7 Å². The van der Waals surface area contributed by atoms with Gasteiger partial charge in [-0.15, -0.1) is 11.3 Å². The molecule has 0 fully saturated rings. The second-order valence-electron chi connectivity index (χ2n) is 5.58. The van der Waals surface area contributed by atoms with Crippen molar-refractivity contribution in [3.05, 3.63) is 45.9 Å². The van der Waals surface area contributed by atoms with Crippen molar-refractivity contribution in [2.75, 3.05) is 5.32 Å². The van der Waals surface area contributed by atoms with Gasteiger partial charge in [0, 0.05) is 17.1 Å². The van der Waals surface area contributed by atoms with Gasteiger partial charge < -0.3 is 20.1 Å². The standard InChI is InChI=1S/C17H21N3O3S/c1-4-12-7-5-6-8-13(12)19-17(23)20(11(2)3)9-15-18-14(10-24-15)16(21)22/h5-8,10-11H,4,9H2,1-3H3,(H,19,23)(H,21,22)/p-1. The molecule has 1 aromatic heterocycles. The number of carboxylic acid groups (broad SMARTS) is 1. The molecule has 2 amide bonds. The zero-order chi connectivity index (χ0) is 17.7. The summed E-state index contributed by atoms with van der Waals surface area (Å²) in [6, 6.07) is 7.35. The number of hydrogen-bond donors (Lipinski definition) is 1. The predicted octanol–water partition coefficient (Wildman–Crippen LogP) is 2.51. The summed E-state index contributed by atoms with van der Waals surface area (Å²) >= 11 is 1.20. The summed E-state index contributed by atoms with van der Waals surface area (Å²) < 4.78 is 0. The molecule has 6 nitrogen and oxygen atoms in total. The maximum atomic E-state index is 12.6. The predicted molar refractivity (Wildman–Crippen MR) is 92.0 cm³/mol. The Morgan fingerprint density at radius 3 is 2.62 bits per heavy atom. The molecule has 0 unspecified atom stereocenters. The van der Waals surface area contributed by atoms with Crippen molar-refractivity contribution in [2.24, 2.45) is 0 Å². The van der Waals surface area contributed by atoms with Crippen LogP contribution in [-0.2, 0) is 13.0 Å². The summed E-state index contributed by atoms with van der Waals surface area (Å²) in [5, 5.41) is 15.7. The molecule has 1 N–H and O–H groups in total. The molecule has 0 bridgehead atoms. The number of carboxylic acids is 1. The maximum Gasteiger partial charge on any atom is 0.322 e. The van der Waals surface area contributed by atoms with Gasteiger partial charge in [0.05, 0.1) is 18.2 Å². The van der Waals surface area contributed by atoms with Gasteiger partial charge in [0.25, 0.3) is 0 Å². The molecule has 0 radical (unpaired) electrons. The van der Waals surface area contributed by atoms with E-state index in [4.69, 9.17) is 0 Å². The number of aromatic nitrogens is 1. The Morgan fingerprint density at radius 2 is 2.04 bits per heavy atom. The van der Waals surface area contributed by atoms with Crippen molar-refractivity contribution in [3.8, 4) is 0 Å². The molecule has 7 heteroatoms. The monoisotopic (exact) mass is 346 g/mol. The average Bonchev–Trinajstić information content (AvgIpc) is 3.01. The third-order valence-electron chi connectivity index (χ3n) is 3.59. The van der Waals surface area contributed by atoms with Gasteiger partial charge in [0.15, 0.2) is 0 Å². The Morgan fingerprint density at radius 1 is 1.33 bits per heavy atom. The van der Waals surface area contributed by atoms with E-state index >= 15 is 0 Å². The number of nitrogens with zero attached hydrogens (tertiary/aromatic N) is 2. The lowest BCUT2D eigenvalue weighted by Gasteiger charge is -2.26. The molecule has 128 valence electrons. The van der Waals surface area contributed by atoms with E-state index in [2.05, 4.69) is 10.3 Å². The molecule has 0 spiro atoms. The number of amides is 2. The highest BCUT2D eigenvalue weighted by Gasteiger charge is 2.20. The summed E-state index contributed by atoms with van der Waals surface area (Å²) in [4.78, 5) is 29.1. The van der Waals surface area contributed by atoms with Gasteiger partial charge in [0.1, 0.15) is 5.01 Å². The normalized spacial score (nSPS) is 10.7. The van der Waals surface area contributed by atoms with Crippen LogP contribution >= 0.6 is 11.3 Å². The Kier molecular flexibility index (Phi) is 5.92. The number of carbonyl (C=O) groups is 2. The minimum absolute atomic E-state index is 0.0610. The van der Waals surface area contributed by atoms with Gasteiger partial charge >= 0.3 is 6.03 Å². The molecular formula is C17H20N3O3S-. The second kappa shape index (κ2) is 7.92. The van der Waals surface area contributed by atoms with Crippen LogP contribution < -0.4 is 10.4 Å². The molecule has 0 saturated heterocycles. The largest absolute Gasteiger partial charge is 0.543 e. The highest BCUT2D eigenvalue weighted by molar-refractivity contribution is 7.09. The van der Waals surface area contributed by atoms with E-state index in [0.717, 1.165) is 17.7 Å². The van der Waals surface area contributed by atoms with Crippen molar-refractivity contribution in [3.63, 3.8) is 0 Å². The summed E-state index contributed by atoms with van der Waals surface area (Å²) in [6.45, 7) is 6.08. The maximum absolute atomic E-state index is 12.6. The Bertz CT molecular complexity index is 727. The molecule has 24 heavy (non-hydrogen) atoms. The van der Waals surface area contributed by atoms with Crippen molar-refractivity contribution in [1.82, 2.24) is 9.88 Å². The third-order valence-corrected chi connectivity index (χ3v) is 4.42. The van der Waals surface area contributed by atoms with Crippen molar-refractivity contribution >= 4 is 29.0 Å². The number of hydrogen-bond acceptors (Lipinski definition) is 5. The van der Waals surface area contributed by atoms with Crippen molar-refractivity contribution in [1.29, 1.82) is 0 Å². The fraction of sp³-hybridized carbons (Fsp3) is 0.353. The van der Waals surface area contributed by atoms with E-state index in [1.165, 1.54) is 16.7 Å². The van der Waals surface area contributed by atoms with Crippen LogP contribution in [0.2, 0.25) is 0 Å². The van der Waals surface area contributed by atoms with E-state index in [-0.39, 0.29) is 24.3 Å². The number of rotatable bonds is 6. The first-order chi connectivity index (χ1) is 11.4. The first-order valence-electron chi connectivity index (χ1n) is 7.73. The number of urea groups is 1. The first kappa shape index (κ1) is 17.9. The van der Waals surface area contributed by atoms with Crippen LogP contribution in [0.5, 0.6) is 0 Å². The molecule has 0 aliphatic heterocycles. The summed E-state index contributed by atoms with van der Waals surface area (Å²) in [7, 11) is 0. The average molecular weight is 346 g/mol. The quantitative estimate of drug-likeness (QED) is 0.871. The summed E-state index contributed by atoms with van der Waals surface area (Å²) in [6.07, 6.45) is 0.819. The molecule has 0 aliphatic rings. The molecule has 0 saturated carbocycles. The fourth-order valence-electron chi connectivity index (χ4n) is 2.25. The molecule has 2 aromatic rings. The highest BCUT2D eigenvalue weighted by atomic mass is 32.1. The van der Waals surface area contributed by atoms with Gasteiger partial charge in [-0.25, -0.2) is 9.78 Å². The zero-order valence-electron chi connectivity index (χ0n) is 13.9. The number of benzene rings is 1. The van der Waals surface area contributed by atoms with Crippen molar-refractivity contribution in [2.45, 2.75) is 39.8 Å². The van der Waals surface area contributed by atoms with E-state index in [1.807, 2.05) is 45.0 Å². The number of aryl methyl sites for hydroxylation is 1. The van der Waals surface area contributed by atoms with Gasteiger partial charge in [-0.05, 0) is 31.9 Å². The highest BCUT2D eigenvalue weighted by Crippen LogP contribution is 2.19. The summed E-state index contributed by atoms with van der Waals surface area (Å²) in [5.41, 5.74) is 1.74.